The molecule has 116 valence electrons. The Bertz CT molecular complexity index is 492. The molecule has 1 fully saturated rings. The van der Waals surface area contributed by atoms with Crippen LogP contribution >= 0.6 is 15.9 Å². The van der Waals surface area contributed by atoms with Crippen molar-refractivity contribution in [3.63, 3.8) is 0 Å². The zero-order valence-electron chi connectivity index (χ0n) is 12.0. The van der Waals surface area contributed by atoms with Crippen LogP contribution in [-0.4, -0.2) is 43.8 Å². The molecule has 0 bridgehead atoms. The highest BCUT2D eigenvalue weighted by Crippen LogP contribution is 2.32. The van der Waals surface area contributed by atoms with Crippen LogP contribution in [0.2, 0.25) is 0 Å². The van der Waals surface area contributed by atoms with Gasteiger partial charge in [-0.3, -0.25) is 9.69 Å². The van der Waals surface area contributed by atoms with Gasteiger partial charge in [-0.05, 0) is 30.7 Å². The van der Waals surface area contributed by atoms with Gasteiger partial charge in [-0.2, -0.15) is 0 Å². The first-order valence-corrected chi connectivity index (χ1v) is 7.83. The Hall–Kier alpha value is -0.980. The van der Waals surface area contributed by atoms with Crippen molar-refractivity contribution < 1.29 is 18.7 Å². The summed E-state index contributed by atoms with van der Waals surface area (Å²) in [5, 5.41) is 0. The van der Waals surface area contributed by atoms with E-state index in [1.807, 2.05) is 0 Å². The van der Waals surface area contributed by atoms with Crippen LogP contribution in [0.25, 0.3) is 0 Å². The van der Waals surface area contributed by atoms with Gasteiger partial charge in [0.15, 0.2) is 0 Å². The van der Waals surface area contributed by atoms with Crippen LogP contribution in [0.5, 0.6) is 0 Å². The fraction of sp³-hybridized carbons (Fsp3) is 0.533. The lowest BCUT2D eigenvalue weighted by molar-refractivity contribution is -0.145. The molecule has 0 saturated carbocycles. The van der Waals surface area contributed by atoms with E-state index in [1.165, 1.54) is 12.1 Å². The third kappa shape index (κ3) is 4.49. The normalized spacial score (nSPS) is 17.5. The molecular weight excluding hydrogens is 341 g/mol. The van der Waals surface area contributed by atoms with Gasteiger partial charge in [0.1, 0.15) is 5.82 Å². The zero-order chi connectivity index (χ0) is 15.2. The standard InChI is InChI=1S/C15H19BrFNO3/c1-2-21-15(19)10-14(18-5-7-20-8-6-18)12-9-11(17)3-4-13(12)16/h3-4,9,14H,2,5-8,10H2,1H3. The van der Waals surface area contributed by atoms with Gasteiger partial charge in [-0.1, -0.05) is 15.9 Å². The Morgan fingerprint density at radius 1 is 1.48 bits per heavy atom. The zero-order valence-corrected chi connectivity index (χ0v) is 13.6. The number of carbonyl (C=O) groups is 1. The van der Waals surface area contributed by atoms with E-state index < -0.39 is 0 Å². The summed E-state index contributed by atoms with van der Waals surface area (Å²) >= 11 is 3.45. The predicted molar refractivity (Wildman–Crippen MR) is 80.5 cm³/mol. The molecule has 1 unspecified atom stereocenters. The second kappa shape index (κ2) is 7.87. The summed E-state index contributed by atoms with van der Waals surface area (Å²) in [6, 6.07) is 4.33. The molecular formula is C15H19BrFNO3. The van der Waals surface area contributed by atoms with Crippen LogP contribution in [0, 0.1) is 5.82 Å². The summed E-state index contributed by atoms with van der Waals surface area (Å²) in [5.41, 5.74) is 0.768. The van der Waals surface area contributed by atoms with Crippen molar-refractivity contribution in [3.05, 3.63) is 34.1 Å². The van der Waals surface area contributed by atoms with Crippen LogP contribution < -0.4 is 0 Å². The highest BCUT2D eigenvalue weighted by molar-refractivity contribution is 9.10. The van der Waals surface area contributed by atoms with Crippen molar-refractivity contribution in [2.24, 2.45) is 0 Å². The SMILES string of the molecule is CCOC(=O)CC(c1cc(F)ccc1Br)N1CCOCC1. The fourth-order valence-corrected chi connectivity index (χ4v) is 2.98. The Morgan fingerprint density at radius 3 is 2.86 bits per heavy atom. The molecule has 21 heavy (non-hydrogen) atoms. The maximum atomic E-state index is 13.6. The van der Waals surface area contributed by atoms with E-state index in [1.54, 1.807) is 13.0 Å². The number of carbonyl (C=O) groups excluding carboxylic acids is 1. The largest absolute Gasteiger partial charge is 0.466 e. The Kier molecular flexibility index (Phi) is 6.14. The second-order valence-electron chi connectivity index (χ2n) is 4.84. The summed E-state index contributed by atoms with van der Waals surface area (Å²) < 4.78 is 24.8. The van der Waals surface area contributed by atoms with Gasteiger partial charge in [0.2, 0.25) is 0 Å². The maximum Gasteiger partial charge on any atom is 0.307 e. The maximum absolute atomic E-state index is 13.6. The van der Waals surface area contributed by atoms with Crippen LogP contribution in [0.15, 0.2) is 22.7 Å². The molecule has 0 aromatic heterocycles. The third-order valence-electron chi connectivity index (χ3n) is 3.47. The molecule has 0 N–H and O–H groups in total. The lowest BCUT2D eigenvalue weighted by Crippen LogP contribution is -2.40. The number of hydrogen-bond acceptors (Lipinski definition) is 4. The van der Waals surface area contributed by atoms with E-state index in [-0.39, 0.29) is 24.2 Å². The third-order valence-corrected chi connectivity index (χ3v) is 4.19. The molecule has 0 spiro atoms. The van der Waals surface area contributed by atoms with E-state index in [2.05, 4.69) is 20.8 Å². The molecule has 1 saturated heterocycles. The summed E-state index contributed by atoms with van der Waals surface area (Å²) in [6.45, 7) is 4.79. The summed E-state index contributed by atoms with van der Waals surface area (Å²) in [4.78, 5) is 14.0. The van der Waals surface area contributed by atoms with Crippen molar-refractivity contribution in [1.29, 1.82) is 0 Å². The lowest BCUT2D eigenvalue weighted by atomic mass is 10.0. The van der Waals surface area contributed by atoms with Gasteiger partial charge in [0, 0.05) is 23.6 Å². The van der Waals surface area contributed by atoms with Crippen molar-refractivity contribution in [2.75, 3.05) is 32.9 Å². The molecule has 1 aliphatic heterocycles. The minimum Gasteiger partial charge on any atom is -0.466 e. The number of halogens is 2. The summed E-state index contributed by atoms with van der Waals surface area (Å²) in [7, 11) is 0. The molecule has 4 nitrogen and oxygen atoms in total. The first kappa shape index (κ1) is 16.4. The van der Waals surface area contributed by atoms with Gasteiger partial charge in [0.25, 0.3) is 0 Å². The number of esters is 1. The van der Waals surface area contributed by atoms with Crippen LogP contribution in [0.4, 0.5) is 4.39 Å². The van der Waals surface area contributed by atoms with Gasteiger partial charge in [0.05, 0.1) is 26.2 Å². The Labute approximate surface area is 132 Å². The minimum atomic E-state index is -0.310. The smallest absolute Gasteiger partial charge is 0.307 e. The van der Waals surface area contributed by atoms with Gasteiger partial charge in [-0.15, -0.1) is 0 Å². The quantitative estimate of drug-likeness (QED) is 0.757. The van der Waals surface area contributed by atoms with Crippen molar-refractivity contribution in [2.45, 2.75) is 19.4 Å². The highest BCUT2D eigenvalue weighted by atomic mass is 79.9. The number of ether oxygens (including phenoxy) is 2. The van der Waals surface area contributed by atoms with Gasteiger partial charge in [-0.25, -0.2) is 4.39 Å². The first-order valence-electron chi connectivity index (χ1n) is 7.04. The van der Waals surface area contributed by atoms with E-state index in [9.17, 15) is 9.18 Å². The van der Waals surface area contributed by atoms with Crippen LogP contribution in [0.1, 0.15) is 24.9 Å². The molecule has 0 radical (unpaired) electrons. The molecule has 0 amide bonds. The summed E-state index contributed by atoms with van der Waals surface area (Å²) in [5.74, 6) is -0.583. The predicted octanol–water partition coefficient (Wildman–Crippen LogP) is 2.91. The Morgan fingerprint density at radius 2 is 2.19 bits per heavy atom. The Balaban J connectivity index is 2.25. The molecule has 2 rings (SSSR count). The van der Waals surface area contributed by atoms with Crippen LogP contribution in [0.3, 0.4) is 0 Å². The molecule has 0 aliphatic carbocycles. The monoisotopic (exact) mass is 359 g/mol. The molecule has 1 aliphatic rings. The fourth-order valence-electron chi connectivity index (χ4n) is 2.47. The average Bonchev–Trinajstić information content (AvgIpc) is 2.49. The molecule has 1 aromatic carbocycles. The number of benzene rings is 1. The molecule has 1 aromatic rings. The van der Waals surface area contributed by atoms with E-state index in [4.69, 9.17) is 9.47 Å². The number of hydrogen-bond donors (Lipinski definition) is 0. The molecule has 1 atom stereocenters. The second-order valence-corrected chi connectivity index (χ2v) is 5.69. The molecule has 6 heteroatoms. The summed E-state index contributed by atoms with van der Waals surface area (Å²) in [6.07, 6.45) is 0.204. The van der Waals surface area contributed by atoms with Crippen molar-refractivity contribution in [1.82, 2.24) is 4.90 Å². The van der Waals surface area contributed by atoms with E-state index in [0.717, 1.165) is 10.0 Å². The van der Waals surface area contributed by atoms with Crippen molar-refractivity contribution in [3.8, 4) is 0 Å². The number of morpholine rings is 1. The minimum absolute atomic E-state index is 0.204. The van der Waals surface area contributed by atoms with E-state index in [0.29, 0.717) is 32.9 Å². The first-order chi connectivity index (χ1) is 10.1. The van der Waals surface area contributed by atoms with E-state index >= 15 is 0 Å². The van der Waals surface area contributed by atoms with Gasteiger partial charge >= 0.3 is 5.97 Å². The molecule has 1 heterocycles. The van der Waals surface area contributed by atoms with Crippen LogP contribution in [-0.2, 0) is 14.3 Å². The average molecular weight is 360 g/mol. The topological polar surface area (TPSA) is 38.8 Å². The number of rotatable bonds is 5. The van der Waals surface area contributed by atoms with Crippen molar-refractivity contribution >= 4 is 21.9 Å². The van der Waals surface area contributed by atoms with Gasteiger partial charge < -0.3 is 9.47 Å². The lowest BCUT2D eigenvalue weighted by Gasteiger charge is -2.34. The highest BCUT2D eigenvalue weighted by Gasteiger charge is 2.27. The number of nitrogens with zero attached hydrogens (tertiary/aromatic N) is 1.